The molecular weight excluding hydrogens is 440 g/mol. The Kier molecular flexibility index (Phi) is 4.77. The number of fused-ring (bicyclic) bond motifs is 2. The number of imidazole rings is 1. The lowest BCUT2D eigenvalue weighted by Crippen LogP contribution is -2.10. The highest BCUT2D eigenvalue weighted by molar-refractivity contribution is 6.04. The molecule has 0 radical (unpaired) electrons. The summed E-state index contributed by atoms with van der Waals surface area (Å²) in [5.41, 5.74) is 0.618. The van der Waals surface area contributed by atoms with E-state index < -0.39 is 23.6 Å². The van der Waals surface area contributed by atoms with Crippen molar-refractivity contribution in [2.75, 3.05) is 10.6 Å². The standard InChI is InChI=1S/C23H14F4N4O2/c24-14-4-9-17-13(10-14)11-18(33-17)22(32)29-16-7-5-15(6-8-16)28-20-2-1-3-21-30-19(12-31(20)21)23(25,26)27/h1-12,28H,(H,29,32). The zero-order chi connectivity index (χ0) is 23.2. The summed E-state index contributed by atoms with van der Waals surface area (Å²) >= 11 is 0. The van der Waals surface area contributed by atoms with Crippen LogP contribution in [0.3, 0.4) is 0 Å². The van der Waals surface area contributed by atoms with Crippen LogP contribution in [0.15, 0.2) is 77.3 Å². The highest BCUT2D eigenvalue weighted by Crippen LogP contribution is 2.30. The number of nitrogens with one attached hydrogen (secondary N) is 2. The lowest BCUT2D eigenvalue weighted by Gasteiger charge is -2.10. The molecule has 0 aliphatic carbocycles. The molecule has 0 spiro atoms. The molecule has 33 heavy (non-hydrogen) atoms. The quantitative estimate of drug-likeness (QED) is 0.316. The fraction of sp³-hybridized carbons (Fsp3) is 0.0435. The van der Waals surface area contributed by atoms with Crippen LogP contribution < -0.4 is 10.6 Å². The highest BCUT2D eigenvalue weighted by Gasteiger charge is 2.34. The first-order valence-corrected chi connectivity index (χ1v) is 9.69. The van der Waals surface area contributed by atoms with Gasteiger partial charge >= 0.3 is 6.18 Å². The van der Waals surface area contributed by atoms with Crippen molar-refractivity contribution >= 4 is 39.7 Å². The van der Waals surface area contributed by atoms with Gasteiger partial charge in [-0.15, -0.1) is 0 Å². The van der Waals surface area contributed by atoms with Gasteiger partial charge in [0.15, 0.2) is 11.5 Å². The molecule has 0 atom stereocenters. The van der Waals surface area contributed by atoms with Crippen LogP contribution in [0.25, 0.3) is 16.6 Å². The minimum absolute atomic E-state index is 0.0325. The predicted molar refractivity (Wildman–Crippen MR) is 114 cm³/mol. The second-order valence-corrected chi connectivity index (χ2v) is 7.21. The van der Waals surface area contributed by atoms with E-state index in [2.05, 4.69) is 15.6 Å². The summed E-state index contributed by atoms with van der Waals surface area (Å²) in [7, 11) is 0. The number of alkyl halides is 3. The summed E-state index contributed by atoms with van der Waals surface area (Å²) in [5, 5.41) is 6.19. The van der Waals surface area contributed by atoms with E-state index in [4.69, 9.17) is 4.42 Å². The first-order valence-electron chi connectivity index (χ1n) is 9.69. The maximum absolute atomic E-state index is 13.3. The lowest BCUT2D eigenvalue weighted by molar-refractivity contribution is -0.140. The van der Waals surface area contributed by atoms with E-state index in [1.165, 1.54) is 34.7 Å². The third-order valence-corrected chi connectivity index (χ3v) is 4.90. The number of halogens is 4. The number of rotatable bonds is 4. The highest BCUT2D eigenvalue weighted by atomic mass is 19.4. The summed E-state index contributed by atoms with van der Waals surface area (Å²) in [6.07, 6.45) is -3.62. The van der Waals surface area contributed by atoms with Crippen LogP contribution in [-0.4, -0.2) is 15.3 Å². The van der Waals surface area contributed by atoms with Gasteiger partial charge in [-0.25, -0.2) is 9.37 Å². The topological polar surface area (TPSA) is 71.6 Å². The number of furan rings is 1. The van der Waals surface area contributed by atoms with E-state index in [9.17, 15) is 22.4 Å². The summed E-state index contributed by atoms with van der Waals surface area (Å²) in [6, 6.07) is 16.7. The van der Waals surface area contributed by atoms with Crippen LogP contribution in [0.1, 0.15) is 16.2 Å². The van der Waals surface area contributed by atoms with Gasteiger partial charge in [-0.1, -0.05) is 6.07 Å². The Morgan fingerprint density at radius 1 is 0.970 bits per heavy atom. The van der Waals surface area contributed by atoms with Gasteiger partial charge < -0.3 is 15.1 Å². The zero-order valence-corrected chi connectivity index (χ0v) is 16.7. The molecule has 3 aromatic heterocycles. The van der Waals surface area contributed by atoms with Crippen LogP contribution in [-0.2, 0) is 6.18 Å². The number of amides is 1. The molecule has 10 heteroatoms. The molecule has 2 aromatic carbocycles. The van der Waals surface area contributed by atoms with Crippen LogP contribution in [0, 0.1) is 5.82 Å². The third-order valence-electron chi connectivity index (χ3n) is 4.90. The van der Waals surface area contributed by atoms with E-state index in [1.807, 2.05) is 0 Å². The molecule has 0 saturated heterocycles. The van der Waals surface area contributed by atoms with Crippen molar-refractivity contribution in [1.29, 1.82) is 0 Å². The Morgan fingerprint density at radius 2 is 1.73 bits per heavy atom. The average molecular weight is 454 g/mol. The van der Waals surface area contributed by atoms with Gasteiger partial charge in [-0.05, 0) is 60.7 Å². The van der Waals surface area contributed by atoms with Crippen LogP contribution in [0.4, 0.5) is 34.8 Å². The second-order valence-electron chi connectivity index (χ2n) is 7.21. The number of hydrogen-bond donors (Lipinski definition) is 2. The maximum atomic E-state index is 13.3. The van der Waals surface area contributed by atoms with Gasteiger partial charge in [0.1, 0.15) is 22.9 Å². The summed E-state index contributed by atoms with van der Waals surface area (Å²) < 4.78 is 59.0. The summed E-state index contributed by atoms with van der Waals surface area (Å²) in [5.74, 6) is -0.513. The molecule has 166 valence electrons. The van der Waals surface area contributed by atoms with Gasteiger partial charge in [0, 0.05) is 23.0 Å². The smallest absolute Gasteiger partial charge is 0.434 e. The number of carbonyl (C=O) groups excluding carboxylic acids is 1. The summed E-state index contributed by atoms with van der Waals surface area (Å²) in [6.45, 7) is 0. The number of hydrogen-bond acceptors (Lipinski definition) is 4. The molecule has 0 unspecified atom stereocenters. The van der Waals surface area contributed by atoms with Gasteiger partial charge in [-0.3, -0.25) is 9.20 Å². The van der Waals surface area contributed by atoms with Gasteiger partial charge in [-0.2, -0.15) is 13.2 Å². The number of nitrogens with zero attached hydrogens (tertiary/aromatic N) is 2. The molecule has 0 fully saturated rings. The maximum Gasteiger partial charge on any atom is 0.434 e. The van der Waals surface area contributed by atoms with E-state index >= 15 is 0 Å². The second kappa shape index (κ2) is 7.66. The van der Waals surface area contributed by atoms with E-state index in [0.717, 1.165) is 6.20 Å². The van der Waals surface area contributed by atoms with Gasteiger partial charge in [0.2, 0.25) is 0 Å². The molecule has 6 nitrogen and oxygen atoms in total. The van der Waals surface area contributed by atoms with Crippen LogP contribution in [0.5, 0.6) is 0 Å². The summed E-state index contributed by atoms with van der Waals surface area (Å²) in [4.78, 5) is 16.1. The molecule has 0 bridgehead atoms. The van der Waals surface area contributed by atoms with E-state index in [1.54, 1.807) is 36.4 Å². The van der Waals surface area contributed by atoms with Crippen molar-refractivity contribution in [2.24, 2.45) is 0 Å². The number of carbonyl (C=O) groups is 1. The van der Waals surface area contributed by atoms with Crippen molar-refractivity contribution < 1.29 is 26.8 Å². The molecule has 5 rings (SSSR count). The van der Waals surface area contributed by atoms with Crippen LogP contribution >= 0.6 is 0 Å². The molecule has 2 N–H and O–H groups in total. The molecule has 1 amide bonds. The Bertz CT molecular complexity index is 1490. The third kappa shape index (κ3) is 4.10. The largest absolute Gasteiger partial charge is 0.451 e. The lowest BCUT2D eigenvalue weighted by atomic mass is 10.2. The minimum Gasteiger partial charge on any atom is -0.451 e. The fourth-order valence-corrected chi connectivity index (χ4v) is 3.35. The minimum atomic E-state index is -4.54. The van der Waals surface area contributed by atoms with E-state index in [-0.39, 0.29) is 11.4 Å². The monoisotopic (exact) mass is 454 g/mol. The fourth-order valence-electron chi connectivity index (χ4n) is 3.35. The molecule has 0 aliphatic heterocycles. The van der Waals surface area contributed by atoms with Crippen molar-refractivity contribution in [2.45, 2.75) is 6.18 Å². The molecule has 0 aliphatic rings. The zero-order valence-electron chi connectivity index (χ0n) is 16.7. The molecular formula is C23H14F4N4O2. The number of aromatic nitrogens is 2. The average Bonchev–Trinajstić information content (AvgIpc) is 3.39. The van der Waals surface area contributed by atoms with Crippen molar-refractivity contribution in [3.8, 4) is 0 Å². The Morgan fingerprint density at radius 3 is 2.48 bits per heavy atom. The number of anilines is 3. The number of benzene rings is 2. The molecule has 3 heterocycles. The van der Waals surface area contributed by atoms with E-state index in [0.29, 0.717) is 28.2 Å². The Balaban J connectivity index is 1.32. The first kappa shape index (κ1) is 20.6. The van der Waals surface area contributed by atoms with Gasteiger partial charge in [0.25, 0.3) is 5.91 Å². The van der Waals surface area contributed by atoms with Crippen molar-refractivity contribution in [3.05, 3.63) is 90.2 Å². The molecule has 5 aromatic rings. The van der Waals surface area contributed by atoms with Crippen LogP contribution in [0.2, 0.25) is 0 Å². The normalized spacial score (nSPS) is 11.8. The van der Waals surface area contributed by atoms with Gasteiger partial charge in [0.05, 0.1) is 0 Å². The van der Waals surface area contributed by atoms with Crippen molar-refractivity contribution in [1.82, 2.24) is 9.38 Å². The Labute approximate surface area is 183 Å². The van der Waals surface area contributed by atoms with Crippen molar-refractivity contribution in [3.63, 3.8) is 0 Å². The SMILES string of the molecule is O=C(Nc1ccc(Nc2cccc3nc(C(F)(F)F)cn23)cc1)c1cc2cc(F)ccc2o1. The predicted octanol–water partition coefficient (Wildman–Crippen LogP) is 6.23. The molecule has 0 saturated carbocycles. The Hall–Kier alpha value is -4.34. The number of pyridine rings is 1. The first-order chi connectivity index (χ1) is 15.8.